The fraction of sp³-hybridized carbons (Fsp3) is 0.444. The molecule has 2 aromatic rings. The van der Waals surface area contributed by atoms with Crippen molar-refractivity contribution >= 4 is 0 Å². The molecule has 1 aliphatic rings. The van der Waals surface area contributed by atoms with Gasteiger partial charge in [0.15, 0.2) is 0 Å². The Bertz CT molecular complexity index is 642. The van der Waals surface area contributed by atoms with E-state index in [4.69, 9.17) is 4.42 Å². The third-order valence-corrected chi connectivity index (χ3v) is 4.45. The first kappa shape index (κ1) is 14.4. The van der Waals surface area contributed by atoms with Crippen LogP contribution in [0, 0.1) is 13.8 Å². The van der Waals surface area contributed by atoms with Crippen molar-refractivity contribution in [1.29, 1.82) is 0 Å². The van der Waals surface area contributed by atoms with Crippen molar-refractivity contribution in [3.63, 3.8) is 0 Å². The van der Waals surface area contributed by atoms with Gasteiger partial charge in [0, 0.05) is 18.2 Å². The summed E-state index contributed by atoms with van der Waals surface area (Å²) >= 11 is 0. The van der Waals surface area contributed by atoms with E-state index in [-0.39, 0.29) is 0 Å². The van der Waals surface area contributed by atoms with Crippen molar-refractivity contribution in [3.05, 3.63) is 58.5 Å². The minimum absolute atomic E-state index is 0.334. The molecule has 2 unspecified atom stereocenters. The third-order valence-electron chi connectivity index (χ3n) is 4.45. The van der Waals surface area contributed by atoms with Crippen molar-refractivity contribution in [1.82, 2.24) is 5.32 Å². The molecule has 21 heavy (non-hydrogen) atoms. The number of fused-ring (bicyclic) bond motifs is 1. The van der Waals surface area contributed by atoms with Gasteiger partial charge in [0.1, 0.15) is 17.1 Å². The number of rotatable bonds is 4. The molecule has 1 aliphatic carbocycles. The maximum absolute atomic E-state index is 10.8. The van der Waals surface area contributed by atoms with Gasteiger partial charge < -0.3 is 14.8 Å². The van der Waals surface area contributed by atoms with Crippen LogP contribution in [0.5, 0.6) is 0 Å². The Labute approximate surface area is 126 Å². The van der Waals surface area contributed by atoms with Gasteiger partial charge in [-0.2, -0.15) is 0 Å². The summed E-state index contributed by atoms with van der Waals surface area (Å²) in [6.07, 6.45) is 2.21. The van der Waals surface area contributed by atoms with Crippen LogP contribution in [0.1, 0.15) is 47.6 Å². The Hall–Kier alpha value is -1.58. The third kappa shape index (κ3) is 2.76. The van der Waals surface area contributed by atoms with Crippen LogP contribution in [0.15, 0.2) is 34.7 Å². The van der Waals surface area contributed by atoms with Crippen molar-refractivity contribution in [2.75, 3.05) is 6.54 Å². The lowest BCUT2D eigenvalue weighted by Crippen LogP contribution is -2.37. The molecule has 0 saturated carbocycles. The highest BCUT2D eigenvalue weighted by atomic mass is 16.3. The maximum Gasteiger partial charge on any atom is 0.107 e. The summed E-state index contributed by atoms with van der Waals surface area (Å²) in [6, 6.07) is 10.8. The van der Waals surface area contributed by atoms with E-state index in [1.807, 2.05) is 26.8 Å². The van der Waals surface area contributed by atoms with E-state index in [9.17, 15) is 5.11 Å². The molecule has 0 amide bonds. The van der Waals surface area contributed by atoms with Crippen LogP contribution in [0.25, 0.3) is 0 Å². The monoisotopic (exact) mass is 285 g/mol. The number of hydrogen-bond acceptors (Lipinski definition) is 3. The van der Waals surface area contributed by atoms with E-state index in [1.165, 1.54) is 11.1 Å². The summed E-state index contributed by atoms with van der Waals surface area (Å²) in [6.45, 7) is 6.18. The number of furan rings is 1. The van der Waals surface area contributed by atoms with Crippen LogP contribution >= 0.6 is 0 Å². The molecule has 3 nitrogen and oxygen atoms in total. The first-order valence-electron chi connectivity index (χ1n) is 7.58. The van der Waals surface area contributed by atoms with E-state index in [1.54, 1.807) is 0 Å². The van der Waals surface area contributed by atoms with Gasteiger partial charge in [-0.15, -0.1) is 0 Å². The highest BCUT2D eigenvalue weighted by Gasteiger charge is 2.30. The number of benzene rings is 1. The number of hydrogen-bond donors (Lipinski definition) is 2. The number of nitrogens with one attached hydrogen (secondary N) is 1. The Morgan fingerprint density at radius 3 is 2.81 bits per heavy atom. The predicted octanol–water partition coefficient (Wildman–Crippen LogP) is 3.38. The molecule has 3 rings (SSSR count). The van der Waals surface area contributed by atoms with Crippen LogP contribution < -0.4 is 5.32 Å². The van der Waals surface area contributed by atoms with Gasteiger partial charge in [-0.25, -0.2) is 0 Å². The summed E-state index contributed by atoms with van der Waals surface area (Å²) in [4.78, 5) is 0. The van der Waals surface area contributed by atoms with Crippen molar-refractivity contribution in [2.45, 2.75) is 45.3 Å². The lowest BCUT2D eigenvalue weighted by atomic mass is 9.95. The fourth-order valence-corrected chi connectivity index (χ4v) is 3.35. The molecule has 0 aliphatic heterocycles. The summed E-state index contributed by atoms with van der Waals surface area (Å²) in [5.74, 6) is 1.64. The lowest BCUT2D eigenvalue weighted by molar-refractivity contribution is 0.0523. The largest absolute Gasteiger partial charge is 0.466 e. The Balaban J connectivity index is 1.72. The van der Waals surface area contributed by atoms with E-state index < -0.39 is 5.60 Å². The Kier molecular flexibility index (Phi) is 3.64. The van der Waals surface area contributed by atoms with E-state index in [0.717, 1.165) is 29.9 Å². The van der Waals surface area contributed by atoms with Gasteiger partial charge in [-0.1, -0.05) is 24.3 Å². The Morgan fingerprint density at radius 1 is 1.33 bits per heavy atom. The van der Waals surface area contributed by atoms with E-state index in [0.29, 0.717) is 12.6 Å². The van der Waals surface area contributed by atoms with E-state index >= 15 is 0 Å². The number of aliphatic hydroxyl groups is 1. The summed E-state index contributed by atoms with van der Waals surface area (Å²) in [5.41, 5.74) is 2.75. The molecule has 1 heterocycles. The molecular formula is C18H23NO2. The molecule has 3 heteroatoms. The summed E-state index contributed by atoms with van der Waals surface area (Å²) in [7, 11) is 0. The summed E-state index contributed by atoms with van der Waals surface area (Å²) in [5, 5.41) is 14.3. The summed E-state index contributed by atoms with van der Waals surface area (Å²) < 4.78 is 5.54. The number of aryl methyl sites for hydroxylation is 3. The molecule has 0 radical (unpaired) electrons. The van der Waals surface area contributed by atoms with Crippen molar-refractivity contribution in [2.24, 2.45) is 0 Å². The van der Waals surface area contributed by atoms with Crippen LogP contribution in [-0.2, 0) is 12.0 Å². The van der Waals surface area contributed by atoms with Crippen LogP contribution in [0.4, 0.5) is 0 Å². The zero-order valence-electron chi connectivity index (χ0n) is 12.9. The normalized spacial score (nSPS) is 20.3. The van der Waals surface area contributed by atoms with Crippen molar-refractivity contribution in [3.8, 4) is 0 Å². The second kappa shape index (κ2) is 5.32. The van der Waals surface area contributed by atoms with E-state index in [2.05, 4.69) is 29.6 Å². The molecule has 0 saturated heterocycles. The van der Waals surface area contributed by atoms with Crippen molar-refractivity contribution < 1.29 is 9.52 Å². The first-order chi connectivity index (χ1) is 9.97. The van der Waals surface area contributed by atoms with Crippen LogP contribution in [-0.4, -0.2) is 11.7 Å². The van der Waals surface area contributed by atoms with Gasteiger partial charge in [0.25, 0.3) is 0 Å². The zero-order chi connectivity index (χ0) is 15.0. The molecule has 112 valence electrons. The lowest BCUT2D eigenvalue weighted by Gasteiger charge is -2.26. The Morgan fingerprint density at radius 2 is 2.10 bits per heavy atom. The highest BCUT2D eigenvalue weighted by Crippen LogP contribution is 2.32. The average Bonchev–Trinajstić information content (AvgIpc) is 3.00. The molecular weight excluding hydrogens is 262 g/mol. The first-order valence-corrected chi connectivity index (χ1v) is 7.58. The molecule has 2 atom stereocenters. The molecule has 0 fully saturated rings. The minimum atomic E-state index is -0.917. The molecule has 1 aromatic heterocycles. The zero-order valence-corrected chi connectivity index (χ0v) is 12.9. The SMILES string of the molecule is Cc1cc(C(C)(O)CNC2CCc3ccccc32)c(C)o1. The van der Waals surface area contributed by atoms with Crippen LogP contribution in [0.3, 0.4) is 0 Å². The smallest absolute Gasteiger partial charge is 0.107 e. The second-order valence-corrected chi connectivity index (χ2v) is 6.27. The maximum atomic E-state index is 10.8. The quantitative estimate of drug-likeness (QED) is 0.905. The standard InChI is InChI=1S/C18H23NO2/c1-12-10-16(13(2)21-12)18(3,20)11-19-17-9-8-14-6-4-5-7-15(14)17/h4-7,10,17,19-20H,8-9,11H2,1-3H3. The highest BCUT2D eigenvalue weighted by molar-refractivity contribution is 5.34. The van der Waals surface area contributed by atoms with Gasteiger partial charge in [-0.05, 0) is 50.8 Å². The van der Waals surface area contributed by atoms with Gasteiger partial charge in [0.05, 0.1) is 0 Å². The molecule has 0 bridgehead atoms. The minimum Gasteiger partial charge on any atom is -0.466 e. The van der Waals surface area contributed by atoms with Gasteiger partial charge in [-0.3, -0.25) is 0 Å². The van der Waals surface area contributed by atoms with Gasteiger partial charge in [0.2, 0.25) is 0 Å². The second-order valence-electron chi connectivity index (χ2n) is 6.27. The van der Waals surface area contributed by atoms with Crippen LogP contribution in [0.2, 0.25) is 0 Å². The average molecular weight is 285 g/mol. The molecule has 0 spiro atoms. The topological polar surface area (TPSA) is 45.4 Å². The molecule has 2 N–H and O–H groups in total. The molecule has 1 aromatic carbocycles. The van der Waals surface area contributed by atoms with Gasteiger partial charge >= 0.3 is 0 Å². The predicted molar refractivity (Wildman–Crippen MR) is 83.3 cm³/mol. The fourth-order valence-electron chi connectivity index (χ4n) is 3.35.